The van der Waals surface area contributed by atoms with E-state index in [1.807, 2.05) is 0 Å². The van der Waals surface area contributed by atoms with Gasteiger partial charge in [-0.2, -0.15) is 0 Å². The molecule has 3 unspecified atom stereocenters. The first-order valence-electron chi connectivity index (χ1n) is 26.4. The van der Waals surface area contributed by atoms with E-state index in [2.05, 4.69) is 118 Å². The summed E-state index contributed by atoms with van der Waals surface area (Å²) in [5, 5.41) is 0. The van der Waals surface area contributed by atoms with E-state index in [4.69, 9.17) is 11.5 Å². The third-order valence-electron chi connectivity index (χ3n) is 14.9. The molecule has 0 spiro atoms. The molecule has 0 heterocycles. The number of hydrogen-bond acceptors (Lipinski definition) is 2. The fraction of sp³-hybridized carbons (Fsp3) is 0.600. The molecular formula is C60H90N2. The molecule has 0 aliphatic heterocycles. The van der Waals surface area contributed by atoms with Crippen molar-refractivity contribution in [3.8, 4) is 0 Å². The summed E-state index contributed by atoms with van der Waals surface area (Å²) < 4.78 is 0. The molecule has 4 aromatic carbocycles. The molecule has 0 bridgehead atoms. The van der Waals surface area contributed by atoms with Gasteiger partial charge in [-0.3, -0.25) is 0 Å². The fourth-order valence-corrected chi connectivity index (χ4v) is 11.0. The number of hydrogen-bond donors (Lipinski definition) is 2. The van der Waals surface area contributed by atoms with Crippen LogP contribution in [0.1, 0.15) is 252 Å². The van der Waals surface area contributed by atoms with Crippen molar-refractivity contribution in [3.63, 3.8) is 0 Å². The summed E-state index contributed by atoms with van der Waals surface area (Å²) in [5.74, 6) is 2.96. The Labute approximate surface area is 381 Å². The van der Waals surface area contributed by atoms with Crippen LogP contribution >= 0.6 is 0 Å². The topological polar surface area (TPSA) is 52.0 Å². The van der Waals surface area contributed by atoms with Gasteiger partial charge >= 0.3 is 0 Å². The Hall–Kier alpha value is -3.52. The zero-order chi connectivity index (χ0) is 43.6. The van der Waals surface area contributed by atoms with Crippen molar-refractivity contribution >= 4 is 11.4 Å². The van der Waals surface area contributed by atoms with E-state index < -0.39 is 0 Å². The average molecular weight is 839 g/mol. The van der Waals surface area contributed by atoms with Crippen LogP contribution in [0.25, 0.3) is 0 Å². The number of unbranched alkanes of at least 4 members (excludes halogenated alkanes) is 15. The number of anilines is 2. The highest BCUT2D eigenvalue weighted by atomic mass is 14.5. The van der Waals surface area contributed by atoms with Crippen LogP contribution in [0.2, 0.25) is 0 Å². The maximum Gasteiger partial charge on any atom is 0.0314 e. The quantitative estimate of drug-likeness (QED) is 0.0392. The number of benzene rings is 4. The SMILES string of the molecule is CCCCCCCCCCC(c1ccc(N)cc1)c1ccc(C(CCC(CCCC)C2CCCCC2)c2ccc(C(CCCCCCCCCC)c3ccc(N)cc3)cc2)cc1. The zero-order valence-corrected chi connectivity index (χ0v) is 40.1. The van der Waals surface area contributed by atoms with E-state index in [0.29, 0.717) is 17.8 Å². The fourth-order valence-electron chi connectivity index (χ4n) is 11.0. The molecule has 0 amide bonds. The molecule has 1 aliphatic carbocycles. The van der Waals surface area contributed by atoms with Crippen molar-refractivity contribution in [1.29, 1.82) is 0 Å². The Kier molecular flexibility index (Phi) is 23.2. The lowest BCUT2D eigenvalue weighted by Gasteiger charge is -2.32. The largest absolute Gasteiger partial charge is 0.399 e. The molecule has 0 aromatic heterocycles. The maximum absolute atomic E-state index is 6.19. The normalized spacial score (nSPS) is 15.3. The predicted octanol–water partition coefficient (Wildman–Crippen LogP) is 18.5. The Balaban J connectivity index is 1.37. The van der Waals surface area contributed by atoms with Crippen molar-refractivity contribution < 1.29 is 0 Å². The predicted molar refractivity (Wildman–Crippen MR) is 273 cm³/mol. The number of nitrogens with two attached hydrogens (primary N) is 2. The van der Waals surface area contributed by atoms with Crippen LogP contribution in [-0.2, 0) is 0 Å². The molecule has 0 radical (unpaired) electrons. The second-order valence-corrected chi connectivity index (χ2v) is 19.7. The lowest BCUT2D eigenvalue weighted by molar-refractivity contribution is 0.215. The first kappa shape index (κ1) is 49.5. The van der Waals surface area contributed by atoms with E-state index >= 15 is 0 Å². The summed E-state index contributed by atoms with van der Waals surface area (Å²) in [6.07, 6.45) is 37.8. The molecule has 5 rings (SSSR count). The van der Waals surface area contributed by atoms with Gasteiger partial charge in [-0.1, -0.05) is 248 Å². The average Bonchev–Trinajstić information content (AvgIpc) is 3.31. The Morgan fingerprint density at radius 3 is 1.00 bits per heavy atom. The van der Waals surface area contributed by atoms with E-state index in [9.17, 15) is 0 Å². The molecule has 1 fully saturated rings. The smallest absolute Gasteiger partial charge is 0.0314 e. The van der Waals surface area contributed by atoms with Gasteiger partial charge in [-0.25, -0.2) is 0 Å². The Morgan fingerprint density at radius 2 is 0.645 bits per heavy atom. The van der Waals surface area contributed by atoms with Crippen molar-refractivity contribution in [3.05, 3.63) is 130 Å². The molecule has 1 saturated carbocycles. The van der Waals surface area contributed by atoms with Gasteiger partial charge in [0.2, 0.25) is 0 Å². The molecule has 4 aromatic rings. The summed E-state index contributed by atoms with van der Waals surface area (Å²) in [5.41, 5.74) is 22.7. The summed E-state index contributed by atoms with van der Waals surface area (Å²) >= 11 is 0. The van der Waals surface area contributed by atoms with Crippen molar-refractivity contribution in [2.24, 2.45) is 11.8 Å². The van der Waals surface area contributed by atoms with Gasteiger partial charge in [0.15, 0.2) is 0 Å². The highest BCUT2D eigenvalue weighted by Gasteiger charge is 2.26. The number of rotatable bonds is 31. The van der Waals surface area contributed by atoms with Gasteiger partial charge in [0, 0.05) is 29.1 Å². The lowest BCUT2D eigenvalue weighted by Crippen LogP contribution is -2.19. The zero-order valence-electron chi connectivity index (χ0n) is 40.1. The van der Waals surface area contributed by atoms with Gasteiger partial charge in [-0.15, -0.1) is 0 Å². The van der Waals surface area contributed by atoms with Crippen LogP contribution < -0.4 is 11.5 Å². The minimum absolute atomic E-state index is 0.399. The first-order valence-corrected chi connectivity index (χ1v) is 26.4. The third kappa shape index (κ3) is 16.9. The standard InChI is InChI=1S/C60H90N2/c1-4-7-10-12-14-16-18-23-28-58(54-38-43-56(61)44-39-54)50-30-34-52(35-31-50)60(47-42-49(25-9-6-3)48-26-21-20-22-27-48)53-36-32-51(33-37-53)59(55-40-45-57(62)46-41-55)29-24-19-17-15-13-11-8-5-2/h30-41,43-46,48-49,58-60H,4-29,42,47,61-62H2,1-3H3. The summed E-state index contributed by atoms with van der Waals surface area (Å²) in [6, 6.07) is 37.5. The van der Waals surface area contributed by atoms with Gasteiger partial charge in [0.25, 0.3) is 0 Å². The van der Waals surface area contributed by atoms with Gasteiger partial charge in [0.05, 0.1) is 0 Å². The van der Waals surface area contributed by atoms with Crippen LogP contribution in [0, 0.1) is 11.8 Å². The van der Waals surface area contributed by atoms with Gasteiger partial charge < -0.3 is 11.5 Å². The second kappa shape index (κ2) is 29.0. The van der Waals surface area contributed by atoms with E-state index in [1.54, 1.807) is 0 Å². The molecule has 1 aliphatic rings. The van der Waals surface area contributed by atoms with Gasteiger partial charge in [-0.05, 0) is 95.2 Å². The third-order valence-corrected chi connectivity index (χ3v) is 14.9. The Morgan fingerprint density at radius 1 is 0.339 bits per heavy atom. The molecule has 3 atom stereocenters. The summed E-state index contributed by atoms with van der Waals surface area (Å²) in [7, 11) is 0. The van der Waals surface area contributed by atoms with Crippen molar-refractivity contribution in [1.82, 2.24) is 0 Å². The molecule has 2 heteroatoms. The summed E-state index contributed by atoms with van der Waals surface area (Å²) in [6.45, 7) is 6.99. The molecular weight excluding hydrogens is 749 g/mol. The number of nitrogen functional groups attached to an aromatic ring is 2. The minimum atomic E-state index is 0.399. The maximum atomic E-state index is 6.19. The highest BCUT2D eigenvalue weighted by molar-refractivity contribution is 5.45. The van der Waals surface area contributed by atoms with Crippen molar-refractivity contribution in [2.75, 3.05) is 11.5 Å². The minimum Gasteiger partial charge on any atom is -0.399 e. The molecule has 2 nitrogen and oxygen atoms in total. The highest BCUT2D eigenvalue weighted by Crippen LogP contribution is 2.41. The van der Waals surface area contributed by atoms with Crippen LogP contribution in [-0.4, -0.2) is 0 Å². The van der Waals surface area contributed by atoms with Crippen LogP contribution in [0.3, 0.4) is 0 Å². The van der Waals surface area contributed by atoms with Crippen LogP contribution in [0.5, 0.6) is 0 Å². The monoisotopic (exact) mass is 839 g/mol. The van der Waals surface area contributed by atoms with Crippen molar-refractivity contribution in [2.45, 2.75) is 218 Å². The summed E-state index contributed by atoms with van der Waals surface area (Å²) in [4.78, 5) is 0. The van der Waals surface area contributed by atoms with E-state index in [0.717, 1.165) is 23.2 Å². The van der Waals surface area contributed by atoms with Gasteiger partial charge in [0.1, 0.15) is 0 Å². The molecule has 340 valence electrons. The van der Waals surface area contributed by atoms with E-state index in [1.165, 1.54) is 213 Å². The first-order chi connectivity index (χ1) is 30.5. The Bertz CT molecular complexity index is 1590. The second-order valence-electron chi connectivity index (χ2n) is 19.7. The molecule has 62 heavy (non-hydrogen) atoms. The molecule has 4 N–H and O–H groups in total. The van der Waals surface area contributed by atoms with Crippen LogP contribution in [0.4, 0.5) is 11.4 Å². The lowest BCUT2D eigenvalue weighted by atomic mass is 9.74. The van der Waals surface area contributed by atoms with Crippen LogP contribution in [0.15, 0.2) is 97.1 Å². The molecule has 0 saturated heterocycles. The van der Waals surface area contributed by atoms with E-state index in [-0.39, 0.29) is 0 Å².